The summed E-state index contributed by atoms with van der Waals surface area (Å²) in [6, 6.07) is 10.6. The monoisotopic (exact) mass is 287 g/mol. The third-order valence-electron chi connectivity index (χ3n) is 3.77. The van der Waals surface area contributed by atoms with Gasteiger partial charge in [-0.2, -0.15) is 0 Å². The Hall–Kier alpha value is -1.39. The molecule has 3 rings (SSSR count). The summed E-state index contributed by atoms with van der Waals surface area (Å²) in [5.74, 6) is 0.682. The van der Waals surface area contributed by atoms with Crippen LogP contribution in [0.1, 0.15) is 34.9 Å². The smallest absolute Gasteiger partial charge is 0.185 e. The largest absolute Gasteiger partial charge is 0.351 e. The highest BCUT2D eigenvalue weighted by atomic mass is 32.1. The number of benzene rings is 1. The van der Waals surface area contributed by atoms with Crippen LogP contribution in [0.15, 0.2) is 30.3 Å². The van der Waals surface area contributed by atoms with Crippen molar-refractivity contribution >= 4 is 16.5 Å². The third kappa shape index (κ3) is 3.02. The predicted octanol–water partition coefficient (Wildman–Crippen LogP) is 3.16. The van der Waals surface area contributed by atoms with Gasteiger partial charge in [-0.05, 0) is 24.8 Å². The highest BCUT2D eigenvalue weighted by Gasteiger charge is 2.29. The molecule has 0 amide bonds. The lowest BCUT2D eigenvalue weighted by atomic mass is 10.1. The SMILES string of the molecule is CN(CCc1ccccc1)c1nc(C2CC2)c(CN)s1. The Morgan fingerprint density at radius 3 is 2.70 bits per heavy atom. The van der Waals surface area contributed by atoms with Gasteiger partial charge >= 0.3 is 0 Å². The summed E-state index contributed by atoms with van der Waals surface area (Å²) in [7, 11) is 2.12. The summed E-state index contributed by atoms with van der Waals surface area (Å²) in [6.45, 7) is 1.61. The van der Waals surface area contributed by atoms with Crippen molar-refractivity contribution in [1.29, 1.82) is 0 Å². The molecule has 1 aliphatic carbocycles. The zero-order valence-electron chi connectivity index (χ0n) is 11.9. The first-order chi connectivity index (χ1) is 9.78. The van der Waals surface area contributed by atoms with Crippen molar-refractivity contribution in [3.8, 4) is 0 Å². The fraction of sp³-hybridized carbons (Fsp3) is 0.438. The number of likely N-dealkylation sites (N-methyl/N-ethyl adjacent to an activating group) is 1. The summed E-state index contributed by atoms with van der Waals surface area (Å²) < 4.78 is 0. The van der Waals surface area contributed by atoms with Crippen LogP contribution in [0.25, 0.3) is 0 Å². The molecule has 1 heterocycles. The van der Waals surface area contributed by atoms with Crippen molar-refractivity contribution in [3.05, 3.63) is 46.5 Å². The van der Waals surface area contributed by atoms with E-state index in [1.54, 1.807) is 11.3 Å². The fourth-order valence-electron chi connectivity index (χ4n) is 2.37. The molecule has 2 N–H and O–H groups in total. The summed E-state index contributed by atoms with van der Waals surface area (Å²) >= 11 is 1.76. The van der Waals surface area contributed by atoms with E-state index in [2.05, 4.69) is 42.3 Å². The van der Waals surface area contributed by atoms with E-state index in [0.29, 0.717) is 12.5 Å². The maximum atomic E-state index is 5.85. The second-order valence-electron chi connectivity index (χ2n) is 5.44. The number of aromatic nitrogens is 1. The minimum atomic E-state index is 0.621. The molecule has 3 nitrogen and oxygen atoms in total. The summed E-state index contributed by atoms with van der Waals surface area (Å²) in [5, 5.41) is 1.11. The molecule has 20 heavy (non-hydrogen) atoms. The Labute approximate surface area is 124 Å². The minimum absolute atomic E-state index is 0.621. The lowest BCUT2D eigenvalue weighted by molar-refractivity contribution is 0.863. The van der Waals surface area contributed by atoms with Crippen molar-refractivity contribution in [2.45, 2.75) is 31.7 Å². The van der Waals surface area contributed by atoms with Crippen LogP contribution in [-0.2, 0) is 13.0 Å². The Kier molecular flexibility index (Phi) is 4.03. The van der Waals surface area contributed by atoms with E-state index in [4.69, 9.17) is 10.7 Å². The number of hydrogen-bond acceptors (Lipinski definition) is 4. The van der Waals surface area contributed by atoms with Gasteiger partial charge in [-0.3, -0.25) is 0 Å². The standard InChI is InChI=1S/C16H21N3S/c1-19(10-9-12-5-3-2-4-6-12)16-18-15(13-7-8-13)14(11-17)20-16/h2-6,13H,7-11,17H2,1H3. The van der Waals surface area contributed by atoms with Gasteiger partial charge < -0.3 is 10.6 Å². The molecule has 1 aromatic heterocycles. The average Bonchev–Trinajstić information content (AvgIpc) is 3.24. The van der Waals surface area contributed by atoms with Crippen LogP contribution in [0.3, 0.4) is 0 Å². The molecule has 0 unspecified atom stereocenters. The maximum Gasteiger partial charge on any atom is 0.185 e. The molecule has 0 saturated heterocycles. The molecule has 2 aromatic rings. The highest BCUT2D eigenvalue weighted by molar-refractivity contribution is 7.15. The molecule has 1 aliphatic rings. The Balaban J connectivity index is 1.66. The van der Waals surface area contributed by atoms with Crippen molar-refractivity contribution < 1.29 is 0 Å². The molecule has 106 valence electrons. The van der Waals surface area contributed by atoms with E-state index >= 15 is 0 Å². The summed E-state index contributed by atoms with van der Waals surface area (Å²) in [4.78, 5) is 8.34. The molecule has 0 radical (unpaired) electrons. The Morgan fingerprint density at radius 2 is 2.05 bits per heavy atom. The van der Waals surface area contributed by atoms with Crippen molar-refractivity contribution in [3.63, 3.8) is 0 Å². The van der Waals surface area contributed by atoms with Gasteiger partial charge in [0.1, 0.15) is 0 Å². The van der Waals surface area contributed by atoms with Crippen LogP contribution < -0.4 is 10.6 Å². The van der Waals surface area contributed by atoms with Crippen molar-refractivity contribution in [1.82, 2.24) is 4.98 Å². The van der Waals surface area contributed by atoms with Gasteiger partial charge in [0.2, 0.25) is 0 Å². The van der Waals surface area contributed by atoms with E-state index in [-0.39, 0.29) is 0 Å². The van der Waals surface area contributed by atoms with E-state index in [9.17, 15) is 0 Å². The van der Waals surface area contributed by atoms with E-state index < -0.39 is 0 Å². The van der Waals surface area contributed by atoms with E-state index in [1.807, 2.05) is 0 Å². The zero-order chi connectivity index (χ0) is 13.9. The van der Waals surface area contributed by atoms with Gasteiger partial charge in [0.05, 0.1) is 5.69 Å². The molecule has 0 atom stereocenters. The zero-order valence-corrected chi connectivity index (χ0v) is 12.7. The molecule has 1 saturated carbocycles. The molecular formula is C16H21N3S. The van der Waals surface area contributed by atoms with Gasteiger partial charge in [0, 0.05) is 30.9 Å². The molecule has 0 bridgehead atoms. The second-order valence-corrected chi connectivity index (χ2v) is 6.50. The minimum Gasteiger partial charge on any atom is -0.351 e. The topological polar surface area (TPSA) is 42.2 Å². The number of rotatable bonds is 6. The molecule has 1 aromatic carbocycles. The Bertz CT molecular complexity index is 560. The van der Waals surface area contributed by atoms with E-state index in [0.717, 1.165) is 18.1 Å². The van der Waals surface area contributed by atoms with Gasteiger partial charge in [0.25, 0.3) is 0 Å². The van der Waals surface area contributed by atoms with Crippen LogP contribution in [-0.4, -0.2) is 18.6 Å². The molecular weight excluding hydrogens is 266 g/mol. The van der Waals surface area contributed by atoms with Crippen LogP contribution in [0, 0.1) is 0 Å². The van der Waals surface area contributed by atoms with Crippen LogP contribution in [0.4, 0.5) is 5.13 Å². The van der Waals surface area contributed by atoms with Gasteiger partial charge in [-0.15, -0.1) is 11.3 Å². The van der Waals surface area contributed by atoms with Crippen LogP contribution >= 0.6 is 11.3 Å². The number of anilines is 1. The van der Waals surface area contributed by atoms with Crippen LogP contribution in [0.5, 0.6) is 0 Å². The number of nitrogens with zero attached hydrogens (tertiary/aromatic N) is 2. The molecule has 1 fully saturated rings. The number of hydrogen-bond donors (Lipinski definition) is 1. The maximum absolute atomic E-state index is 5.85. The van der Waals surface area contributed by atoms with Gasteiger partial charge in [0.15, 0.2) is 5.13 Å². The first-order valence-electron chi connectivity index (χ1n) is 7.22. The first-order valence-corrected chi connectivity index (χ1v) is 8.04. The molecule has 4 heteroatoms. The number of thiazole rings is 1. The molecule has 0 aliphatic heterocycles. The Morgan fingerprint density at radius 1 is 1.30 bits per heavy atom. The normalized spacial score (nSPS) is 14.5. The predicted molar refractivity (Wildman–Crippen MR) is 85.4 cm³/mol. The second kappa shape index (κ2) is 5.94. The van der Waals surface area contributed by atoms with Gasteiger partial charge in [-0.25, -0.2) is 4.98 Å². The number of nitrogens with two attached hydrogens (primary N) is 1. The first kappa shape index (κ1) is 13.6. The van der Waals surface area contributed by atoms with E-state index in [1.165, 1.54) is 29.0 Å². The lowest BCUT2D eigenvalue weighted by Gasteiger charge is -2.15. The summed E-state index contributed by atoms with van der Waals surface area (Å²) in [5.41, 5.74) is 8.48. The van der Waals surface area contributed by atoms with Gasteiger partial charge in [-0.1, -0.05) is 30.3 Å². The van der Waals surface area contributed by atoms with Crippen LogP contribution in [0.2, 0.25) is 0 Å². The highest BCUT2D eigenvalue weighted by Crippen LogP contribution is 2.43. The fourth-order valence-corrected chi connectivity index (χ4v) is 3.38. The quantitative estimate of drug-likeness (QED) is 0.887. The van der Waals surface area contributed by atoms with Crippen molar-refractivity contribution in [2.75, 3.05) is 18.5 Å². The third-order valence-corrected chi connectivity index (χ3v) is 4.98. The summed E-state index contributed by atoms with van der Waals surface area (Å²) in [6.07, 6.45) is 3.61. The lowest BCUT2D eigenvalue weighted by Crippen LogP contribution is -2.20. The average molecular weight is 287 g/mol. The molecule has 0 spiro atoms. The van der Waals surface area contributed by atoms with Crippen molar-refractivity contribution in [2.24, 2.45) is 5.73 Å².